The van der Waals surface area contributed by atoms with Crippen molar-refractivity contribution in [2.75, 3.05) is 0 Å². The molecular formula is C13H20N2. The van der Waals surface area contributed by atoms with Crippen molar-refractivity contribution in [3.63, 3.8) is 0 Å². The van der Waals surface area contributed by atoms with Gasteiger partial charge in [-0.3, -0.25) is 4.98 Å². The molecular weight excluding hydrogens is 184 g/mol. The van der Waals surface area contributed by atoms with Crippen LogP contribution < -0.4 is 5.32 Å². The minimum Gasteiger partial charge on any atom is -0.308 e. The lowest BCUT2D eigenvalue weighted by Gasteiger charge is -2.16. The lowest BCUT2D eigenvalue weighted by Crippen LogP contribution is -2.30. The van der Waals surface area contributed by atoms with Crippen LogP contribution in [-0.2, 0) is 6.54 Å². The van der Waals surface area contributed by atoms with Crippen LogP contribution in [0.15, 0.2) is 18.3 Å². The van der Waals surface area contributed by atoms with Gasteiger partial charge in [0.1, 0.15) is 0 Å². The Morgan fingerprint density at radius 3 is 2.87 bits per heavy atom. The van der Waals surface area contributed by atoms with Gasteiger partial charge >= 0.3 is 0 Å². The highest BCUT2D eigenvalue weighted by molar-refractivity contribution is 5.12. The molecule has 0 aliphatic heterocycles. The normalized spacial score (nSPS) is 25.7. The monoisotopic (exact) mass is 204 g/mol. The highest BCUT2D eigenvalue weighted by Crippen LogP contribution is 2.24. The van der Waals surface area contributed by atoms with E-state index in [-0.39, 0.29) is 0 Å². The van der Waals surface area contributed by atoms with E-state index in [4.69, 9.17) is 0 Å². The van der Waals surface area contributed by atoms with E-state index in [2.05, 4.69) is 36.3 Å². The summed E-state index contributed by atoms with van der Waals surface area (Å²) in [6, 6.07) is 4.94. The molecule has 1 aliphatic carbocycles. The van der Waals surface area contributed by atoms with E-state index in [0.29, 0.717) is 6.04 Å². The van der Waals surface area contributed by atoms with Crippen LogP contribution in [0.3, 0.4) is 0 Å². The van der Waals surface area contributed by atoms with Gasteiger partial charge in [-0.2, -0.15) is 0 Å². The van der Waals surface area contributed by atoms with Gasteiger partial charge in [0.15, 0.2) is 0 Å². The molecule has 0 saturated heterocycles. The SMILES string of the molecule is Cc1ccc(CNC2CCCC2C)nc1. The summed E-state index contributed by atoms with van der Waals surface area (Å²) >= 11 is 0. The molecule has 2 unspecified atom stereocenters. The third-order valence-corrected chi connectivity index (χ3v) is 3.38. The first-order chi connectivity index (χ1) is 7.25. The molecule has 15 heavy (non-hydrogen) atoms. The number of rotatable bonds is 3. The van der Waals surface area contributed by atoms with Crippen LogP contribution >= 0.6 is 0 Å². The minimum atomic E-state index is 0.702. The van der Waals surface area contributed by atoms with Gasteiger partial charge in [-0.15, -0.1) is 0 Å². The van der Waals surface area contributed by atoms with Gasteiger partial charge in [0.2, 0.25) is 0 Å². The fraction of sp³-hybridized carbons (Fsp3) is 0.615. The molecule has 0 aromatic carbocycles. The number of nitrogens with zero attached hydrogens (tertiary/aromatic N) is 1. The van der Waals surface area contributed by atoms with Crippen molar-refractivity contribution in [2.24, 2.45) is 5.92 Å². The quantitative estimate of drug-likeness (QED) is 0.818. The Morgan fingerprint density at radius 2 is 2.27 bits per heavy atom. The van der Waals surface area contributed by atoms with E-state index < -0.39 is 0 Å². The van der Waals surface area contributed by atoms with Crippen molar-refractivity contribution in [1.82, 2.24) is 10.3 Å². The van der Waals surface area contributed by atoms with E-state index in [9.17, 15) is 0 Å². The number of nitrogens with one attached hydrogen (secondary N) is 1. The molecule has 1 saturated carbocycles. The van der Waals surface area contributed by atoms with Gasteiger partial charge in [0, 0.05) is 18.8 Å². The first-order valence-electron chi connectivity index (χ1n) is 5.90. The van der Waals surface area contributed by atoms with Crippen molar-refractivity contribution in [1.29, 1.82) is 0 Å². The summed E-state index contributed by atoms with van der Waals surface area (Å²) in [7, 11) is 0. The molecule has 1 aromatic heterocycles. The lowest BCUT2D eigenvalue weighted by atomic mass is 10.1. The Hall–Kier alpha value is -0.890. The summed E-state index contributed by atoms with van der Waals surface area (Å²) in [6.07, 6.45) is 6.02. The van der Waals surface area contributed by atoms with Crippen molar-refractivity contribution in [2.45, 2.75) is 45.7 Å². The Kier molecular flexibility index (Phi) is 3.37. The molecule has 0 amide bonds. The molecule has 1 fully saturated rings. The van der Waals surface area contributed by atoms with Gasteiger partial charge in [0.25, 0.3) is 0 Å². The second kappa shape index (κ2) is 4.75. The van der Waals surface area contributed by atoms with Crippen LogP contribution in [0.2, 0.25) is 0 Å². The van der Waals surface area contributed by atoms with Gasteiger partial charge in [0.05, 0.1) is 5.69 Å². The predicted octanol–water partition coefficient (Wildman–Crippen LogP) is 2.67. The molecule has 1 aliphatic rings. The zero-order valence-corrected chi connectivity index (χ0v) is 9.66. The molecule has 0 bridgehead atoms. The second-order valence-corrected chi connectivity index (χ2v) is 4.72. The second-order valence-electron chi connectivity index (χ2n) is 4.72. The lowest BCUT2D eigenvalue weighted by molar-refractivity contribution is 0.423. The van der Waals surface area contributed by atoms with E-state index in [1.165, 1.54) is 24.8 Å². The average Bonchev–Trinajstić information content (AvgIpc) is 2.63. The maximum absolute atomic E-state index is 4.40. The zero-order chi connectivity index (χ0) is 10.7. The topological polar surface area (TPSA) is 24.9 Å². The van der Waals surface area contributed by atoms with E-state index in [1.54, 1.807) is 0 Å². The van der Waals surface area contributed by atoms with Gasteiger partial charge < -0.3 is 5.32 Å². The number of pyridine rings is 1. The van der Waals surface area contributed by atoms with Crippen LogP contribution in [0.25, 0.3) is 0 Å². The summed E-state index contributed by atoms with van der Waals surface area (Å²) < 4.78 is 0. The van der Waals surface area contributed by atoms with E-state index in [1.807, 2.05) is 6.20 Å². The van der Waals surface area contributed by atoms with Crippen molar-refractivity contribution in [3.05, 3.63) is 29.6 Å². The maximum Gasteiger partial charge on any atom is 0.0541 e. The highest BCUT2D eigenvalue weighted by Gasteiger charge is 2.22. The molecule has 1 aromatic rings. The highest BCUT2D eigenvalue weighted by atomic mass is 14.9. The molecule has 82 valence electrons. The largest absolute Gasteiger partial charge is 0.308 e. The van der Waals surface area contributed by atoms with Crippen LogP contribution in [0.1, 0.15) is 37.4 Å². The molecule has 1 N–H and O–H groups in total. The molecule has 2 atom stereocenters. The van der Waals surface area contributed by atoms with Gasteiger partial charge in [-0.1, -0.05) is 19.4 Å². The smallest absolute Gasteiger partial charge is 0.0541 e. The summed E-state index contributed by atoms with van der Waals surface area (Å²) in [5, 5.41) is 3.60. The molecule has 2 heteroatoms. The average molecular weight is 204 g/mol. The molecule has 0 radical (unpaired) electrons. The Balaban J connectivity index is 1.85. The minimum absolute atomic E-state index is 0.702. The zero-order valence-electron chi connectivity index (χ0n) is 9.66. The summed E-state index contributed by atoms with van der Waals surface area (Å²) in [5.41, 5.74) is 2.38. The number of hydrogen-bond acceptors (Lipinski definition) is 2. The predicted molar refractivity (Wildman–Crippen MR) is 62.6 cm³/mol. The first-order valence-corrected chi connectivity index (χ1v) is 5.90. The standard InChI is InChI=1S/C13H20N2/c1-10-6-7-12(14-8-10)9-15-13-5-3-4-11(13)2/h6-8,11,13,15H,3-5,9H2,1-2H3. The van der Waals surface area contributed by atoms with Crippen LogP contribution in [0.4, 0.5) is 0 Å². The fourth-order valence-electron chi connectivity index (χ4n) is 2.29. The van der Waals surface area contributed by atoms with Crippen molar-refractivity contribution >= 4 is 0 Å². The fourth-order valence-corrected chi connectivity index (χ4v) is 2.29. The van der Waals surface area contributed by atoms with Crippen LogP contribution in [0, 0.1) is 12.8 Å². The van der Waals surface area contributed by atoms with Crippen molar-refractivity contribution < 1.29 is 0 Å². The summed E-state index contributed by atoms with van der Waals surface area (Å²) in [4.78, 5) is 4.40. The number of hydrogen-bond donors (Lipinski definition) is 1. The van der Waals surface area contributed by atoms with Crippen molar-refractivity contribution in [3.8, 4) is 0 Å². The Labute approximate surface area is 92.1 Å². The Bertz CT molecular complexity index is 305. The summed E-state index contributed by atoms with van der Waals surface area (Å²) in [5.74, 6) is 0.829. The van der Waals surface area contributed by atoms with Gasteiger partial charge in [-0.25, -0.2) is 0 Å². The molecule has 2 rings (SSSR count). The third-order valence-electron chi connectivity index (χ3n) is 3.38. The third kappa shape index (κ3) is 2.78. The Morgan fingerprint density at radius 1 is 1.40 bits per heavy atom. The maximum atomic E-state index is 4.40. The number of aromatic nitrogens is 1. The molecule has 1 heterocycles. The van der Waals surface area contributed by atoms with E-state index in [0.717, 1.165) is 18.2 Å². The molecule has 0 spiro atoms. The van der Waals surface area contributed by atoms with E-state index >= 15 is 0 Å². The van der Waals surface area contributed by atoms with Gasteiger partial charge in [-0.05, 0) is 37.3 Å². The summed E-state index contributed by atoms with van der Waals surface area (Å²) in [6.45, 7) is 5.33. The first kappa shape index (κ1) is 10.6. The molecule has 2 nitrogen and oxygen atoms in total. The van der Waals surface area contributed by atoms with Crippen LogP contribution in [-0.4, -0.2) is 11.0 Å². The number of aryl methyl sites for hydroxylation is 1. The van der Waals surface area contributed by atoms with Crippen LogP contribution in [0.5, 0.6) is 0 Å².